The minimum Gasteiger partial charge on any atom is -0.467 e. The minimum atomic E-state index is -0.115. The number of hydrogen-bond acceptors (Lipinski definition) is 3. The number of amides is 1. The molecule has 0 saturated heterocycles. The SMILES string of the molecule is CC(C)c1nn(-c2ccccc2)c(C(C)C)c1C(=O)NCc1ccco1. The van der Waals surface area contributed by atoms with Crippen LogP contribution in [0.5, 0.6) is 0 Å². The third-order valence-corrected chi connectivity index (χ3v) is 4.27. The second-order valence-corrected chi connectivity index (χ2v) is 6.96. The maximum absolute atomic E-state index is 13.0. The van der Waals surface area contributed by atoms with E-state index in [0.29, 0.717) is 12.1 Å². The highest BCUT2D eigenvalue weighted by Crippen LogP contribution is 2.29. The zero-order chi connectivity index (χ0) is 18.7. The molecule has 1 aromatic carbocycles. The molecule has 2 heterocycles. The first-order chi connectivity index (χ1) is 12.5. The van der Waals surface area contributed by atoms with Gasteiger partial charge in [0.25, 0.3) is 5.91 Å². The van der Waals surface area contributed by atoms with E-state index >= 15 is 0 Å². The number of carbonyl (C=O) groups is 1. The van der Waals surface area contributed by atoms with Gasteiger partial charge >= 0.3 is 0 Å². The van der Waals surface area contributed by atoms with E-state index in [1.54, 1.807) is 6.26 Å². The van der Waals surface area contributed by atoms with Gasteiger partial charge in [0, 0.05) is 0 Å². The van der Waals surface area contributed by atoms with Gasteiger partial charge in [0.05, 0.1) is 35.4 Å². The van der Waals surface area contributed by atoms with Crippen LogP contribution in [0.15, 0.2) is 53.1 Å². The number of furan rings is 1. The molecule has 3 aromatic rings. The first kappa shape index (κ1) is 18.0. The van der Waals surface area contributed by atoms with Crippen LogP contribution in [-0.2, 0) is 6.54 Å². The largest absolute Gasteiger partial charge is 0.467 e. The van der Waals surface area contributed by atoms with Crippen LogP contribution in [-0.4, -0.2) is 15.7 Å². The number of para-hydroxylation sites is 1. The third kappa shape index (κ3) is 3.57. The second kappa shape index (κ2) is 7.60. The number of carbonyl (C=O) groups excluding carboxylic acids is 1. The molecule has 0 bridgehead atoms. The Morgan fingerprint density at radius 2 is 1.81 bits per heavy atom. The van der Waals surface area contributed by atoms with E-state index in [9.17, 15) is 4.79 Å². The van der Waals surface area contributed by atoms with Crippen molar-refractivity contribution in [3.05, 3.63) is 71.4 Å². The van der Waals surface area contributed by atoms with Crippen molar-refractivity contribution in [2.45, 2.75) is 46.1 Å². The molecule has 5 nitrogen and oxygen atoms in total. The molecule has 0 aliphatic carbocycles. The Balaban J connectivity index is 2.04. The van der Waals surface area contributed by atoms with Gasteiger partial charge in [-0.3, -0.25) is 4.79 Å². The highest BCUT2D eigenvalue weighted by molar-refractivity contribution is 5.97. The maximum Gasteiger partial charge on any atom is 0.255 e. The molecule has 0 unspecified atom stereocenters. The predicted octanol–water partition coefficient (Wildman–Crippen LogP) is 4.64. The lowest BCUT2D eigenvalue weighted by Crippen LogP contribution is -2.25. The first-order valence-electron chi connectivity index (χ1n) is 8.97. The van der Waals surface area contributed by atoms with Gasteiger partial charge < -0.3 is 9.73 Å². The molecule has 0 fully saturated rings. The van der Waals surface area contributed by atoms with E-state index in [2.05, 4.69) is 33.0 Å². The summed E-state index contributed by atoms with van der Waals surface area (Å²) < 4.78 is 7.22. The van der Waals surface area contributed by atoms with E-state index in [-0.39, 0.29) is 17.7 Å². The van der Waals surface area contributed by atoms with Gasteiger partial charge in [-0.1, -0.05) is 45.9 Å². The predicted molar refractivity (Wildman–Crippen MR) is 102 cm³/mol. The molecular weight excluding hydrogens is 326 g/mol. The Hall–Kier alpha value is -2.82. The second-order valence-electron chi connectivity index (χ2n) is 6.96. The van der Waals surface area contributed by atoms with Crippen LogP contribution in [0, 0.1) is 0 Å². The summed E-state index contributed by atoms with van der Waals surface area (Å²) in [6.07, 6.45) is 1.61. The molecule has 0 aliphatic rings. The van der Waals surface area contributed by atoms with Gasteiger partial charge in [-0.15, -0.1) is 0 Å². The van der Waals surface area contributed by atoms with E-state index < -0.39 is 0 Å². The molecule has 0 spiro atoms. The average molecular weight is 351 g/mol. The molecule has 0 aliphatic heterocycles. The average Bonchev–Trinajstić information content (AvgIpc) is 3.28. The molecule has 3 rings (SSSR count). The molecule has 136 valence electrons. The van der Waals surface area contributed by atoms with Gasteiger partial charge in [0.15, 0.2) is 0 Å². The van der Waals surface area contributed by atoms with E-state index in [4.69, 9.17) is 9.52 Å². The Morgan fingerprint density at radius 1 is 1.08 bits per heavy atom. The lowest BCUT2D eigenvalue weighted by Gasteiger charge is -2.13. The fourth-order valence-electron chi connectivity index (χ4n) is 3.05. The normalized spacial score (nSPS) is 11.3. The highest BCUT2D eigenvalue weighted by atomic mass is 16.3. The molecule has 2 aromatic heterocycles. The first-order valence-corrected chi connectivity index (χ1v) is 8.97. The summed E-state index contributed by atoms with van der Waals surface area (Å²) in [6.45, 7) is 8.65. The highest BCUT2D eigenvalue weighted by Gasteiger charge is 2.27. The quantitative estimate of drug-likeness (QED) is 0.703. The van der Waals surface area contributed by atoms with Crippen LogP contribution in [0.25, 0.3) is 5.69 Å². The topological polar surface area (TPSA) is 60.1 Å². The lowest BCUT2D eigenvalue weighted by molar-refractivity contribution is 0.0945. The summed E-state index contributed by atoms with van der Waals surface area (Å²) >= 11 is 0. The fraction of sp³-hybridized carbons (Fsp3) is 0.333. The Kier molecular flexibility index (Phi) is 5.26. The lowest BCUT2D eigenvalue weighted by atomic mass is 9.98. The van der Waals surface area contributed by atoms with Crippen LogP contribution in [0.1, 0.15) is 67.0 Å². The van der Waals surface area contributed by atoms with Crippen LogP contribution in [0.3, 0.4) is 0 Å². The zero-order valence-corrected chi connectivity index (χ0v) is 15.7. The summed E-state index contributed by atoms with van der Waals surface area (Å²) in [5, 5.41) is 7.77. The third-order valence-electron chi connectivity index (χ3n) is 4.27. The molecule has 0 atom stereocenters. The van der Waals surface area contributed by atoms with Gasteiger partial charge in [-0.05, 0) is 36.1 Å². The van der Waals surface area contributed by atoms with Crippen molar-refractivity contribution >= 4 is 5.91 Å². The van der Waals surface area contributed by atoms with Gasteiger partial charge in [-0.25, -0.2) is 4.68 Å². The molecule has 0 saturated carbocycles. The summed E-state index contributed by atoms with van der Waals surface area (Å²) in [6, 6.07) is 13.6. The summed E-state index contributed by atoms with van der Waals surface area (Å²) in [7, 11) is 0. The molecule has 1 amide bonds. The summed E-state index contributed by atoms with van der Waals surface area (Å²) in [4.78, 5) is 13.0. The number of aromatic nitrogens is 2. The number of benzene rings is 1. The van der Waals surface area contributed by atoms with Crippen LogP contribution in [0.4, 0.5) is 0 Å². The van der Waals surface area contributed by atoms with Crippen LogP contribution >= 0.6 is 0 Å². The standard InChI is InChI=1S/C21H25N3O2/c1-14(2)19-18(21(25)22-13-17-11-8-12-26-17)20(15(3)4)24(23-19)16-9-6-5-7-10-16/h5-12,14-15H,13H2,1-4H3,(H,22,25). The van der Waals surface area contributed by atoms with Crippen molar-refractivity contribution in [3.63, 3.8) is 0 Å². The summed E-state index contributed by atoms with van der Waals surface area (Å²) in [5.41, 5.74) is 3.37. The smallest absolute Gasteiger partial charge is 0.255 e. The summed E-state index contributed by atoms with van der Waals surface area (Å²) in [5.74, 6) is 0.906. The maximum atomic E-state index is 13.0. The van der Waals surface area contributed by atoms with Crippen molar-refractivity contribution in [1.29, 1.82) is 0 Å². The van der Waals surface area contributed by atoms with Gasteiger partial charge in [0.2, 0.25) is 0 Å². The Morgan fingerprint density at radius 3 is 2.38 bits per heavy atom. The number of nitrogens with one attached hydrogen (secondary N) is 1. The fourth-order valence-corrected chi connectivity index (χ4v) is 3.05. The molecule has 0 radical (unpaired) electrons. The Labute approximate surface area is 154 Å². The van der Waals surface area contributed by atoms with Gasteiger partial charge in [0.1, 0.15) is 5.76 Å². The van der Waals surface area contributed by atoms with Crippen molar-refractivity contribution in [1.82, 2.24) is 15.1 Å². The van der Waals surface area contributed by atoms with Crippen molar-refractivity contribution in [2.24, 2.45) is 0 Å². The van der Waals surface area contributed by atoms with Crippen molar-refractivity contribution < 1.29 is 9.21 Å². The van der Waals surface area contributed by atoms with Gasteiger partial charge in [-0.2, -0.15) is 5.10 Å². The Bertz CT molecular complexity index is 862. The van der Waals surface area contributed by atoms with Crippen molar-refractivity contribution in [2.75, 3.05) is 0 Å². The molecule has 26 heavy (non-hydrogen) atoms. The van der Waals surface area contributed by atoms with Crippen LogP contribution < -0.4 is 5.32 Å². The zero-order valence-electron chi connectivity index (χ0n) is 15.7. The molecule has 1 N–H and O–H groups in total. The van der Waals surface area contributed by atoms with E-state index in [0.717, 1.165) is 22.8 Å². The number of nitrogens with zero attached hydrogens (tertiary/aromatic N) is 2. The van der Waals surface area contributed by atoms with Crippen LogP contribution in [0.2, 0.25) is 0 Å². The van der Waals surface area contributed by atoms with E-state index in [1.807, 2.05) is 47.1 Å². The van der Waals surface area contributed by atoms with E-state index in [1.165, 1.54) is 0 Å². The number of hydrogen-bond donors (Lipinski definition) is 1. The van der Waals surface area contributed by atoms with Crippen molar-refractivity contribution in [3.8, 4) is 5.69 Å². The minimum absolute atomic E-state index is 0.115. The molecule has 5 heteroatoms. The number of rotatable bonds is 6. The monoisotopic (exact) mass is 351 g/mol. The molecular formula is C21H25N3O2.